The highest BCUT2D eigenvalue weighted by molar-refractivity contribution is 9.10. The van der Waals surface area contributed by atoms with Crippen molar-refractivity contribution < 1.29 is 14.5 Å². The van der Waals surface area contributed by atoms with Crippen LogP contribution in [0, 0.1) is 10.1 Å². The average molecular weight is 523 g/mol. The molecular weight excluding hydrogens is 496 g/mol. The molecule has 2 atom stereocenters. The van der Waals surface area contributed by atoms with E-state index in [1.165, 1.54) is 0 Å². The second kappa shape index (κ2) is 11.2. The molecule has 34 heavy (non-hydrogen) atoms. The molecule has 3 rings (SSSR count). The van der Waals surface area contributed by atoms with Crippen LogP contribution in [0.25, 0.3) is 0 Å². The van der Waals surface area contributed by atoms with Gasteiger partial charge in [0.05, 0.1) is 11.6 Å². The summed E-state index contributed by atoms with van der Waals surface area (Å²) in [6.07, 6.45) is 0. The highest BCUT2D eigenvalue weighted by Gasteiger charge is 2.37. The summed E-state index contributed by atoms with van der Waals surface area (Å²) < 4.78 is 6.39. The Hall–Kier alpha value is -3.32. The maximum absolute atomic E-state index is 13.5. The molecule has 0 fully saturated rings. The van der Waals surface area contributed by atoms with Crippen LogP contribution < -0.4 is 0 Å². The van der Waals surface area contributed by atoms with E-state index in [1.54, 1.807) is 39.0 Å². The average Bonchev–Trinajstić information content (AvgIpc) is 2.79. The van der Waals surface area contributed by atoms with Crippen molar-refractivity contribution >= 4 is 27.6 Å². The Labute approximate surface area is 208 Å². The van der Waals surface area contributed by atoms with Crippen molar-refractivity contribution in [1.82, 2.24) is 0 Å². The Kier molecular flexibility index (Phi) is 8.34. The summed E-state index contributed by atoms with van der Waals surface area (Å²) in [5, 5.41) is 11.7. The number of benzene rings is 3. The van der Waals surface area contributed by atoms with Gasteiger partial charge in [0.1, 0.15) is 5.60 Å². The molecule has 0 radical (unpaired) electrons. The van der Waals surface area contributed by atoms with Crippen LogP contribution in [0.4, 0.5) is 0 Å². The third-order valence-corrected chi connectivity index (χ3v) is 5.76. The molecule has 176 valence electrons. The van der Waals surface area contributed by atoms with E-state index in [0.717, 1.165) is 11.1 Å². The van der Waals surface area contributed by atoms with Crippen molar-refractivity contribution in [2.45, 2.75) is 38.3 Å². The van der Waals surface area contributed by atoms with Crippen LogP contribution >= 0.6 is 15.9 Å². The Morgan fingerprint density at radius 3 is 1.91 bits per heavy atom. The van der Waals surface area contributed by atoms with Gasteiger partial charge in [-0.25, -0.2) is 4.79 Å². The molecule has 3 aromatic rings. The SMILES string of the molecule is CC(C)(C)OC(=O)[C@H](N=C(c1ccccc1)c1ccccc1)[C@@H](C[N+](=O)[O-])c1ccccc1Br. The predicted molar refractivity (Wildman–Crippen MR) is 137 cm³/mol. The van der Waals surface area contributed by atoms with Crippen LogP contribution in [0.1, 0.15) is 43.4 Å². The summed E-state index contributed by atoms with van der Waals surface area (Å²) in [5.74, 6) is -1.46. The molecule has 0 aromatic heterocycles. The standard InChI is InChI=1S/C27H27BrN2O4/c1-27(2,3)34-26(31)25(22(18-30(32)33)21-16-10-11-17-23(21)28)29-24(19-12-6-4-7-13-19)20-14-8-5-9-15-20/h4-17,22,25H,18H2,1-3H3/t22-,25+/m0/s1. The molecule has 0 heterocycles. The quantitative estimate of drug-likeness (QED) is 0.156. The molecular formula is C27H27BrN2O4. The zero-order valence-electron chi connectivity index (χ0n) is 19.4. The smallest absolute Gasteiger partial charge is 0.332 e. The van der Waals surface area contributed by atoms with Crippen LogP contribution in [0.5, 0.6) is 0 Å². The second-order valence-corrected chi connectivity index (χ2v) is 9.69. The fourth-order valence-corrected chi connectivity index (χ4v) is 4.20. The van der Waals surface area contributed by atoms with E-state index in [1.807, 2.05) is 66.7 Å². The van der Waals surface area contributed by atoms with E-state index < -0.39 is 35.0 Å². The van der Waals surface area contributed by atoms with Gasteiger partial charge in [-0.2, -0.15) is 0 Å². The number of esters is 1. The lowest BCUT2D eigenvalue weighted by Gasteiger charge is -2.27. The number of rotatable bonds is 8. The van der Waals surface area contributed by atoms with Crippen molar-refractivity contribution in [2.75, 3.05) is 6.54 Å². The van der Waals surface area contributed by atoms with Crippen molar-refractivity contribution in [3.8, 4) is 0 Å². The molecule has 7 heteroatoms. The highest BCUT2D eigenvalue weighted by atomic mass is 79.9. The van der Waals surface area contributed by atoms with Crippen molar-refractivity contribution in [3.63, 3.8) is 0 Å². The number of nitro groups is 1. The molecule has 0 aliphatic carbocycles. The number of carbonyl (C=O) groups is 1. The maximum Gasteiger partial charge on any atom is 0.332 e. The van der Waals surface area contributed by atoms with Crippen molar-refractivity contribution in [2.24, 2.45) is 4.99 Å². The topological polar surface area (TPSA) is 81.8 Å². The van der Waals surface area contributed by atoms with Crippen LogP contribution in [0.2, 0.25) is 0 Å². The summed E-state index contributed by atoms with van der Waals surface area (Å²) in [4.78, 5) is 29.7. The van der Waals surface area contributed by atoms with Gasteiger partial charge in [-0.05, 0) is 32.4 Å². The molecule has 0 amide bonds. The first-order chi connectivity index (χ1) is 16.2. The van der Waals surface area contributed by atoms with Crippen LogP contribution in [0.3, 0.4) is 0 Å². The van der Waals surface area contributed by atoms with Gasteiger partial charge in [0, 0.05) is 20.5 Å². The van der Waals surface area contributed by atoms with Gasteiger partial charge in [-0.15, -0.1) is 0 Å². The van der Waals surface area contributed by atoms with E-state index in [9.17, 15) is 14.9 Å². The fraction of sp³-hybridized carbons (Fsp3) is 0.259. The summed E-state index contributed by atoms with van der Waals surface area (Å²) >= 11 is 3.50. The molecule has 0 saturated carbocycles. The Balaban J connectivity index is 2.24. The lowest BCUT2D eigenvalue weighted by Crippen LogP contribution is -2.38. The number of hydrogen-bond donors (Lipinski definition) is 0. The molecule has 0 bridgehead atoms. The number of carbonyl (C=O) groups excluding carboxylic acids is 1. The van der Waals surface area contributed by atoms with Gasteiger partial charge >= 0.3 is 5.97 Å². The fourth-order valence-electron chi connectivity index (χ4n) is 3.62. The van der Waals surface area contributed by atoms with Crippen LogP contribution in [0.15, 0.2) is 94.4 Å². The largest absolute Gasteiger partial charge is 0.458 e. The minimum Gasteiger partial charge on any atom is -0.458 e. The molecule has 0 spiro atoms. The lowest BCUT2D eigenvalue weighted by molar-refractivity contribution is -0.483. The molecule has 3 aromatic carbocycles. The van der Waals surface area contributed by atoms with E-state index in [2.05, 4.69) is 15.9 Å². The number of halogens is 1. The van der Waals surface area contributed by atoms with E-state index in [4.69, 9.17) is 9.73 Å². The highest BCUT2D eigenvalue weighted by Crippen LogP contribution is 2.31. The van der Waals surface area contributed by atoms with Gasteiger partial charge in [0.25, 0.3) is 0 Å². The number of nitrogens with zero attached hydrogens (tertiary/aromatic N) is 2. The number of aliphatic imine (C=N–C) groups is 1. The third-order valence-electron chi connectivity index (χ3n) is 5.04. The summed E-state index contributed by atoms with van der Waals surface area (Å²) in [6.45, 7) is 4.82. The maximum atomic E-state index is 13.5. The van der Waals surface area contributed by atoms with Crippen molar-refractivity contribution in [1.29, 1.82) is 0 Å². The molecule has 0 aliphatic rings. The Bertz CT molecular complexity index is 1120. The number of ether oxygens (including phenoxy) is 1. The van der Waals surface area contributed by atoms with Crippen LogP contribution in [-0.2, 0) is 9.53 Å². The van der Waals surface area contributed by atoms with Gasteiger partial charge in [-0.3, -0.25) is 15.1 Å². The first kappa shape index (κ1) is 25.3. The second-order valence-electron chi connectivity index (χ2n) is 8.83. The first-order valence-electron chi connectivity index (χ1n) is 10.9. The van der Waals surface area contributed by atoms with Gasteiger partial charge < -0.3 is 4.74 Å². The minimum absolute atomic E-state index is 0.415. The van der Waals surface area contributed by atoms with Gasteiger partial charge in [0.2, 0.25) is 6.54 Å². The zero-order valence-corrected chi connectivity index (χ0v) is 20.9. The monoisotopic (exact) mass is 522 g/mol. The van der Waals surface area contributed by atoms with E-state index in [0.29, 0.717) is 15.7 Å². The van der Waals surface area contributed by atoms with E-state index >= 15 is 0 Å². The molecule has 0 aliphatic heterocycles. The summed E-state index contributed by atoms with van der Waals surface area (Å²) in [7, 11) is 0. The summed E-state index contributed by atoms with van der Waals surface area (Å²) in [6, 6.07) is 25.0. The Morgan fingerprint density at radius 1 is 0.941 bits per heavy atom. The van der Waals surface area contributed by atoms with Gasteiger partial charge in [-0.1, -0.05) is 94.8 Å². The molecule has 0 saturated heterocycles. The number of hydrogen-bond acceptors (Lipinski definition) is 5. The minimum atomic E-state index is -1.14. The lowest BCUT2D eigenvalue weighted by atomic mass is 9.90. The van der Waals surface area contributed by atoms with Crippen molar-refractivity contribution in [3.05, 3.63) is 116 Å². The molecule has 0 unspecified atom stereocenters. The molecule has 6 nitrogen and oxygen atoms in total. The predicted octanol–water partition coefficient (Wildman–Crippen LogP) is 6.06. The first-order valence-corrected chi connectivity index (χ1v) is 11.7. The van der Waals surface area contributed by atoms with E-state index in [-0.39, 0.29) is 0 Å². The Morgan fingerprint density at radius 2 is 1.44 bits per heavy atom. The third kappa shape index (κ3) is 6.84. The van der Waals surface area contributed by atoms with Gasteiger partial charge in [0.15, 0.2) is 6.04 Å². The molecule has 0 N–H and O–H groups in total. The zero-order chi connectivity index (χ0) is 24.7. The van der Waals surface area contributed by atoms with Crippen LogP contribution in [-0.4, -0.2) is 34.8 Å². The summed E-state index contributed by atoms with van der Waals surface area (Å²) in [5.41, 5.74) is 2.01. The normalized spacial score (nSPS) is 12.9.